The highest BCUT2D eigenvalue weighted by atomic mass is 32.2. The van der Waals surface area contributed by atoms with Gasteiger partial charge in [0.2, 0.25) is 10.0 Å². The van der Waals surface area contributed by atoms with Gasteiger partial charge >= 0.3 is 5.97 Å². The molecule has 0 saturated carbocycles. The van der Waals surface area contributed by atoms with Crippen molar-refractivity contribution < 1.29 is 22.7 Å². The predicted octanol–water partition coefficient (Wildman–Crippen LogP) is 1.52. The summed E-state index contributed by atoms with van der Waals surface area (Å²) in [5, 5.41) is 0. The molecular weight excluding hydrogens is 356 g/mol. The van der Waals surface area contributed by atoms with E-state index in [0.717, 1.165) is 5.56 Å². The summed E-state index contributed by atoms with van der Waals surface area (Å²) in [6, 6.07) is 10.8. The molecule has 0 unspecified atom stereocenters. The maximum atomic E-state index is 12.7. The Kier molecular flexibility index (Phi) is 6.36. The number of hydrogen-bond acceptors (Lipinski definition) is 6. The summed E-state index contributed by atoms with van der Waals surface area (Å²) >= 11 is 0. The Hall–Kier alpha value is -2.42. The molecule has 26 heavy (non-hydrogen) atoms. The highest BCUT2D eigenvalue weighted by molar-refractivity contribution is 7.89. The van der Waals surface area contributed by atoms with E-state index >= 15 is 0 Å². The van der Waals surface area contributed by atoms with Crippen LogP contribution in [0.5, 0.6) is 5.75 Å². The highest BCUT2D eigenvalue weighted by Gasteiger charge is 2.31. The molecule has 0 bridgehead atoms. The second-order valence-corrected chi connectivity index (χ2v) is 7.45. The zero-order chi connectivity index (χ0) is 19.3. The number of hydrogen-bond donors (Lipinski definition) is 2. The van der Waals surface area contributed by atoms with Crippen molar-refractivity contribution in [3.8, 4) is 5.75 Å². The topological polar surface area (TPSA) is 108 Å². The van der Waals surface area contributed by atoms with Crippen molar-refractivity contribution in [2.24, 2.45) is 5.73 Å². The first kappa shape index (κ1) is 19.9. The molecule has 0 aliphatic rings. The number of benzene rings is 2. The number of ether oxygens (including phenoxy) is 2. The van der Waals surface area contributed by atoms with E-state index in [9.17, 15) is 13.2 Å². The summed E-state index contributed by atoms with van der Waals surface area (Å²) in [5.41, 5.74) is 7.40. The first-order valence-corrected chi connectivity index (χ1v) is 9.33. The molecule has 0 saturated heterocycles. The number of rotatable bonds is 7. The van der Waals surface area contributed by atoms with E-state index in [1.54, 1.807) is 36.4 Å². The predicted molar refractivity (Wildman–Crippen MR) is 97.2 cm³/mol. The van der Waals surface area contributed by atoms with E-state index in [0.29, 0.717) is 11.3 Å². The Bertz CT molecular complexity index is 848. The Labute approximate surface area is 153 Å². The molecule has 0 spiro atoms. The molecule has 0 radical (unpaired) electrons. The molecule has 2 aromatic carbocycles. The van der Waals surface area contributed by atoms with Gasteiger partial charge in [-0.05, 0) is 36.8 Å². The van der Waals surface area contributed by atoms with Gasteiger partial charge < -0.3 is 15.2 Å². The first-order chi connectivity index (χ1) is 12.3. The molecule has 3 N–H and O–H groups in total. The van der Waals surface area contributed by atoms with E-state index in [1.807, 2.05) is 6.92 Å². The number of carbonyl (C=O) groups excluding carboxylic acids is 1. The zero-order valence-corrected chi connectivity index (χ0v) is 15.6. The Morgan fingerprint density at radius 1 is 1.04 bits per heavy atom. The van der Waals surface area contributed by atoms with Crippen molar-refractivity contribution in [1.82, 2.24) is 4.72 Å². The van der Waals surface area contributed by atoms with Crippen molar-refractivity contribution in [1.29, 1.82) is 0 Å². The minimum Gasteiger partial charge on any atom is -0.497 e. The Morgan fingerprint density at radius 2 is 1.62 bits per heavy atom. The Morgan fingerprint density at radius 3 is 2.12 bits per heavy atom. The summed E-state index contributed by atoms with van der Waals surface area (Å²) in [6.45, 7) is 1.86. The largest absolute Gasteiger partial charge is 0.497 e. The maximum Gasteiger partial charge on any atom is 0.324 e. The third kappa shape index (κ3) is 4.60. The van der Waals surface area contributed by atoms with Gasteiger partial charge in [0, 0.05) is 0 Å². The first-order valence-electron chi connectivity index (χ1n) is 7.85. The van der Waals surface area contributed by atoms with E-state index in [-0.39, 0.29) is 4.90 Å². The molecule has 7 nitrogen and oxygen atoms in total. The molecule has 0 aliphatic carbocycles. The number of carbonyl (C=O) groups is 1. The van der Waals surface area contributed by atoms with E-state index in [4.69, 9.17) is 10.5 Å². The van der Waals surface area contributed by atoms with Crippen molar-refractivity contribution in [3.63, 3.8) is 0 Å². The number of sulfonamides is 1. The van der Waals surface area contributed by atoms with Gasteiger partial charge in [0.05, 0.1) is 25.2 Å². The number of esters is 1. The molecule has 0 aromatic heterocycles. The van der Waals surface area contributed by atoms with Crippen LogP contribution < -0.4 is 15.2 Å². The normalized spacial score (nSPS) is 13.7. The summed E-state index contributed by atoms with van der Waals surface area (Å²) in [7, 11) is -1.18. The number of nitrogens with one attached hydrogen (secondary N) is 1. The fraction of sp³-hybridized carbons (Fsp3) is 0.278. The van der Waals surface area contributed by atoms with Crippen LogP contribution in [0, 0.1) is 6.92 Å². The van der Waals surface area contributed by atoms with E-state index < -0.39 is 28.1 Å². The van der Waals surface area contributed by atoms with Crippen molar-refractivity contribution >= 4 is 16.0 Å². The van der Waals surface area contributed by atoms with Crippen molar-refractivity contribution in [2.75, 3.05) is 14.2 Å². The van der Waals surface area contributed by atoms with Gasteiger partial charge in [0.15, 0.2) is 0 Å². The second kappa shape index (κ2) is 8.31. The van der Waals surface area contributed by atoms with Gasteiger partial charge in [-0.3, -0.25) is 4.79 Å². The summed E-state index contributed by atoms with van der Waals surface area (Å²) in [5.74, 6) is -0.127. The quantitative estimate of drug-likeness (QED) is 0.708. The molecule has 2 aromatic rings. The van der Waals surface area contributed by atoms with E-state index in [1.165, 1.54) is 26.4 Å². The van der Waals surface area contributed by atoms with Gasteiger partial charge in [-0.25, -0.2) is 13.1 Å². The smallest absolute Gasteiger partial charge is 0.324 e. The third-order valence-electron chi connectivity index (χ3n) is 3.92. The van der Waals surface area contributed by atoms with E-state index in [2.05, 4.69) is 9.46 Å². The molecule has 2 rings (SSSR count). The number of methoxy groups -OCH3 is 2. The average Bonchev–Trinajstić information content (AvgIpc) is 2.65. The van der Waals surface area contributed by atoms with Crippen LogP contribution in [0.3, 0.4) is 0 Å². The van der Waals surface area contributed by atoms with Crippen LogP contribution in [-0.4, -0.2) is 34.6 Å². The molecule has 0 amide bonds. The third-order valence-corrected chi connectivity index (χ3v) is 5.38. The number of nitrogens with two attached hydrogens (primary N) is 1. The van der Waals surface area contributed by atoms with Gasteiger partial charge in [-0.1, -0.05) is 29.8 Å². The molecular formula is C18H22N2O5S. The minimum atomic E-state index is -3.90. The summed E-state index contributed by atoms with van der Waals surface area (Å²) in [6.07, 6.45) is 0. The van der Waals surface area contributed by atoms with Crippen LogP contribution in [0.15, 0.2) is 53.4 Å². The summed E-state index contributed by atoms with van der Waals surface area (Å²) < 4.78 is 37.7. The Balaban J connectivity index is 2.39. The fourth-order valence-electron chi connectivity index (χ4n) is 2.38. The standard InChI is InChI=1S/C18H22N2O5S/c1-12-4-10-15(11-5-12)26(22,23)20-17(16(19)18(21)25-3)13-6-8-14(24-2)9-7-13/h4-11,16-17,20H,19H2,1-3H3/t16-,17-/m0/s1. The second-order valence-electron chi connectivity index (χ2n) is 5.73. The molecule has 0 fully saturated rings. The molecule has 2 atom stereocenters. The lowest BCUT2D eigenvalue weighted by Gasteiger charge is -2.24. The molecule has 140 valence electrons. The van der Waals surface area contributed by atoms with Gasteiger partial charge in [-0.15, -0.1) is 0 Å². The lowest BCUT2D eigenvalue weighted by atomic mass is 10.0. The SMILES string of the molecule is COC(=O)[C@@H](N)[C@@H](NS(=O)(=O)c1ccc(C)cc1)c1ccc(OC)cc1. The molecule has 0 aliphatic heterocycles. The lowest BCUT2D eigenvalue weighted by Crippen LogP contribution is -2.46. The minimum absolute atomic E-state index is 0.0821. The monoisotopic (exact) mass is 378 g/mol. The van der Waals surface area contributed by atoms with Crippen LogP contribution >= 0.6 is 0 Å². The van der Waals surface area contributed by atoms with Crippen LogP contribution in [0.2, 0.25) is 0 Å². The van der Waals surface area contributed by atoms with Gasteiger partial charge in [-0.2, -0.15) is 0 Å². The fourth-order valence-corrected chi connectivity index (χ4v) is 3.63. The van der Waals surface area contributed by atoms with Gasteiger partial charge in [0.25, 0.3) is 0 Å². The van der Waals surface area contributed by atoms with Crippen LogP contribution in [-0.2, 0) is 19.6 Å². The van der Waals surface area contributed by atoms with Crippen LogP contribution in [0.25, 0.3) is 0 Å². The maximum absolute atomic E-state index is 12.7. The van der Waals surface area contributed by atoms with Crippen LogP contribution in [0.4, 0.5) is 0 Å². The van der Waals surface area contributed by atoms with Crippen molar-refractivity contribution in [3.05, 3.63) is 59.7 Å². The molecule has 0 heterocycles. The van der Waals surface area contributed by atoms with Crippen molar-refractivity contribution in [2.45, 2.75) is 23.9 Å². The van der Waals surface area contributed by atoms with Gasteiger partial charge in [0.1, 0.15) is 11.8 Å². The zero-order valence-electron chi connectivity index (χ0n) is 14.8. The average molecular weight is 378 g/mol. The summed E-state index contributed by atoms with van der Waals surface area (Å²) in [4.78, 5) is 12.0. The molecule has 8 heteroatoms. The highest BCUT2D eigenvalue weighted by Crippen LogP contribution is 2.23. The number of aryl methyl sites for hydroxylation is 1. The lowest BCUT2D eigenvalue weighted by molar-refractivity contribution is -0.142. The van der Waals surface area contributed by atoms with Crippen LogP contribution in [0.1, 0.15) is 17.2 Å².